The van der Waals surface area contributed by atoms with Crippen LogP contribution in [-0.2, 0) is 20.7 Å². The van der Waals surface area contributed by atoms with Crippen molar-refractivity contribution in [3.05, 3.63) is 65.7 Å². The molecular weight excluding hydrogens is 356 g/mol. The standard InChI is InChI=1S/C22H24N2O4/c25-20(23-14-4-7-16-5-2-1-3-6-16)15-28-22(27)18-10-12-19(13-11-18)24-21(26)17-8-9-17/h1-3,5-6,10-13,17H,4,7-9,14-15H2,(H,23,25)(H,24,26). The minimum absolute atomic E-state index is 0.0132. The van der Waals surface area contributed by atoms with E-state index in [9.17, 15) is 14.4 Å². The van der Waals surface area contributed by atoms with Gasteiger partial charge < -0.3 is 15.4 Å². The van der Waals surface area contributed by atoms with Gasteiger partial charge in [-0.3, -0.25) is 9.59 Å². The smallest absolute Gasteiger partial charge is 0.338 e. The Bertz CT molecular complexity index is 814. The number of esters is 1. The molecule has 2 aromatic rings. The highest BCUT2D eigenvalue weighted by Gasteiger charge is 2.29. The van der Waals surface area contributed by atoms with Crippen molar-refractivity contribution >= 4 is 23.5 Å². The van der Waals surface area contributed by atoms with Gasteiger partial charge in [0.05, 0.1) is 5.56 Å². The van der Waals surface area contributed by atoms with Gasteiger partial charge in [0.15, 0.2) is 6.61 Å². The van der Waals surface area contributed by atoms with Crippen molar-refractivity contribution < 1.29 is 19.1 Å². The largest absolute Gasteiger partial charge is 0.452 e. The van der Waals surface area contributed by atoms with Gasteiger partial charge in [0.1, 0.15) is 0 Å². The van der Waals surface area contributed by atoms with Crippen LogP contribution in [0, 0.1) is 5.92 Å². The normalized spacial score (nSPS) is 12.9. The number of nitrogens with one attached hydrogen (secondary N) is 2. The number of anilines is 1. The third-order valence-electron chi connectivity index (χ3n) is 4.48. The Morgan fingerprint density at radius 1 is 0.964 bits per heavy atom. The zero-order valence-electron chi connectivity index (χ0n) is 15.6. The number of carbonyl (C=O) groups is 3. The lowest BCUT2D eigenvalue weighted by Gasteiger charge is -2.08. The molecule has 0 radical (unpaired) electrons. The van der Waals surface area contributed by atoms with Gasteiger partial charge >= 0.3 is 5.97 Å². The number of ether oxygens (including phenoxy) is 1. The molecule has 0 aliphatic heterocycles. The first kappa shape index (κ1) is 19.6. The molecule has 2 amide bonds. The number of benzene rings is 2. The lowest BCUT2D eigenvalue weighted by atomic mass is 10.1. The molecule has 1 fully saturated rings. The fourth-order valence-corrected chi connectivity index (χ4v) is 2.71. The van der Waals surface area contributed by atoms with E-state index in [1.54, 1.807) is 24.3 Å². The van der Waals surface area contributed by atoms with E-state index >= 15 is 0 Å². The van der Waals surface area contributed by atoms with Gasteiger partial charge in [0, 0.05) is 18.2 Å². The average molecular weight is 380 g/mol. The van der Waals surface area contributed by atoms with Crippen molar-refractivity contribution in [2.24, 2.45) is 5.92 Å². The van der Waals surface area contributed by atoms with E-state index in [1.165, 1.54) is 5.56 Å². The van der Waals surface area contributed by atoms with Crippen LogP contribution in [0.3, 0.4) is 0 Å². The van der Waals surface area contributed by atoms with E-state index in [2.05, 4.69) is 10.6 Å². The van der Waals surface area contributed by atoms with Crippen molar-refractivity contribution in [1.82, 2.24) is 5.32 Å². The highest BCUT2D eigenvalue weighted by atomic mass is 16.5. The van der Waals surface area contributed by atoms with Gasteiger partial charge in [-0.1, -0.05) is 30.3 Å². The molecule has 3 rings (SSSR count). The van der Waals surface area contributed by atoms with Crippen LogP contribution in [0.4, 0.5) is 5.69 Å². The quantitative estimate of drug-likeness (QED) is 0.517. The molecule has 0 saturated heterocycles. The highest BCUT2D eigenvalue weighted by molar-refractivity contribution is 5.95. The third kappa shape index (κ3) is 6.23. The lowest BCUT2D eigenvalue weighted by molar-refractivity contribution is -0.124. The molecule has 6 heteroatoms. The first-order valence-electron chi connectivity index (χ1n) is 9.50. The molecule has 1 aliphatic carbocycles. The number of hydrogen-bond donors (Lipinski definition) is 2. The molecule has 0 heterocycles. The van der Waals surface area contributed by atoms with Gasteiger partial charge in [-0.05, 0) is 55.5 Å². The van der Waals surface area contributed by atoms with E-state index in [4.69, 9.17) is 4.74 Å². The molecule has 6 nitrogen and oxygen atoms in total. The van der Waals surface area contributed by atoms with Gasteiger partial charge in [0.25, 0.3) is 5.91 Å². The number of hydrogen-bond acceptors (Lipinski definition) is 4. The number of aryl methyl sites for hydroxylation is 1. The first-order chi connectivity index (χ1) is 13.6. The van der Waals surface area contributed by atoms with Crippen molar-refractivity contribution in [1.29, 1.82) is 0 Å². The fraction of sp³-hybridized carbons (Fsp3) is 0.318. The van der Waals surface area contributed by atoms with E-state index in [1.807, 2.05) is 30.3 Å². The second kappa shape index (κ2) is 9.69. The minimum atomic E-state index is -0.570. The van der Waals surface area contributed by atoms with Crippen molar-refractivity contribution in [3.63, 3.8) is 0 Å². The molecule has 0 spiro atoms. The summed E-state index contributed by atoms with van der Waals surface area (Å²) in [6, 6.07) is 16.5. The van der Waals surface area contributed by atoms with E-state index in [0.29, 0.717) is 17.8 Å². The summed E-state index contributed by atoms with van der Waals surface area (Å²) in [4.78, 5) is 35.5. The summed E-state index contributed by atoms with van der Waals surface area (Å²) in [5.74, 6) is -0.760. The van der Waals surface area contributed by atoms with Gasteiger partial charge in [-0.25, -0.2) is 4.79 Å². The van der Waals surface area contributed by atoms with E-state index in [-0.39, 0.29) is 24.3 Å². The molecular formula is C22H24N2O4. The zero-order chi connectivity index (χ0) is 19.8. The minimum Gasteiger partial charge on any atom is -0.452 e. The van der Waals surface area contributed by atoms with Gasteiger partial charge in [-0.15, -0.1) is 0 Å². The summed E-state index contributed by atoms with van der Waals surface area (Å²) < 4.78 is 5.04. The Morgan fingerprint density at radius 2 is 1.68 bits per heavy atom. The van der Waals surface area contributed by atoms with Crippen LogP contribution >= 0.6 is 0 Å². The molecule has 0 aromatic heterocycles. The number of rotatable bonds is 9. The monoisotopic (exact) mass is 380 g/mol. The average Bonchev–Trinajstić information content (AvgIpc) is 3.56. The van der Waals surface area contributed by atoms with Crippen LogP contribution in [0.2, 0.25) is 0 Å². The van der Waals surface area contributed by atoms with Gasteiger partial charge in [0.2, 0.25) is 5.91 Å². The lowest BCUT2D eigenvalue weighted by Crippen LogP contribution is -2.29. The summed E-state index contributed by atoms with van der Waals surface area (Å²) in [5.41, 5.74) is 2.20. The molecule has 28 heavy (non-hydrogen) atoms. The Kier molecular flexibility index (Phi) is 6.78. The summed E-state index contributed by atoms with van der Waals surface area (Å²) >= 11 is 0. The van der Waals surface area contributed by atoms with Crippen LogP contribution in [0.5, 0.6) is 0 Å². The van der Waals surface area contributed by atoms with Crippen molar-refractivity contribution in [3.8, 4) is 0 Å². The van der Waals surface area contributed by atoms with Crippen molar-refractivity contribution in [2.75, 3.05) is 18.5 Å². The summed E-state index contributed by atoms with van der Waals surface area (Å²) in [7, 11) is 0. The Labute approximate surface area is 164 Å². The summed E-state index contributed by atoms with van der Waals surface area (Å²) in [5, 5.41) is 5.55. The maximum Gasteiger partial charge on any atom is 0.338 e. The highest BCUT2D eigenvalue weighted by Crippen LogP contribution is 2.30. The molecule has 1 aliphatic rings. The van der Waals surface area contributed by atoms with E-state index < -0.39 is 5.97 Å². The maximum atomic E-state index is 12.0. The number of amides is 2. The van der Waals surface area contributed by atoms with Crippen molar-refractivity contribution in [2.45, 2.75) is 25.7 Å². The van der Waals surface area contributed by atoms with Crippen LogP contribution in [0.15, 0.2) is 54.6 Å². The fourth-order valence-electron chi connectivity index (χ4n) is 2.71. The van der Waals surface area contributed by atoms with Crippen LogP contribution < -0.4 is 10.6 Å². The second-order valence-corrected chi connectivity index (χ2v) is 6.86. The maximum absolute atomic E-state index is 12.0. The topological polar surface area (TPSA) is 84.5 Å². The molecule has 2 N–H and O–H groups in total. The van der Waals surface area contributed by atoms with Crippen LogP contribution in [0.1, 0.15) is 35.2 Å². The Hall–Kier alpha value is -3.15. The predicted octanol–water partition coefficient (Wildman–Crippen LogP) is 2.94. The van der Waals surface area contributed by atoms with Gasteiger partial charge in [-0.2, -0.15) is 0 Å². The molecule has 0 bridgehead atoms. The molecule has 0 atom stereocenters. The SMILES string of the molecule is O=C(COC(=O)c1ccc(NC(=O)C2CC2)cc1)NCCCc1ccccc1. The first-order valence-corrected chi connectivity index (χ1v) is 9.50. The Balaban J connectivity index is 1.33. The summed E-state index contributed by atoms with van der Waals surface area (Å²) in [6.45, 7) is 0.213. The second-order valence-electron chi connectivity index (χ2n) is 6.86. The zero-order valence-corrected chi connectivity index (χ0v) is 15.6. The van der Waals surface area contributed by atoms with E-state index in [0.717, 1.165) is 25.7 Å². The molecule has 2 aromatic carbocycles. The molecule has 0 unspecified atom stereocenters. The number of carbonyl (C=O) groups excluding carboxylic acids is 3. The Morgan fingerprint density at radius 3 is 2.36 bits per heavy atom. The molecule has 146 valence electrons. The van der Waals surface area contributed by atoms with Crippen LogP contribution in [0.25, 0.3) is 0 Å². The molecule has 1 saturated carbocycles. The third-order valence-corrected chi connectivity index (χ3v) is 4.48. The summed E-state index contributed by atoms with van der Waals surface area (Å²) in [6.07, 6.45) is 3.57. The predicted molar refractivity (Wildman–Crippen MR) is 106 cm³/mol. The van der Waals surface area contributed by atoms with Crippen LogP contribution in [-0.4, -0.2) is 30.9 Å².